The molecule has 6 heteroatoms. The van der Waals surface area contributed by atoms with Crippen molar-refractivity contribution in [2.45, 2.75) is 19.4 Å². The quantitative estimate of drug-likeness (QED) is 0.760. The number of aryl methyl sites for hydroxylation is 1. The molecule has 0 aliphatic carbocycles. The SMILES string of the molecule is CC1CCOC1C(=O)c1c(Br)nnn1C. The van der Waals surface area contributed by atoms with E-state index in [0.717, 1.165) is 6.42 Å². The Morgan fingerprint density at radius 1 is 1.67 bits per heavy atom. The molecule has 0 spiro atoms. The molecule has 1 aliphatic heterocycles. The Balaban J connectivity index is 2.28. The van der Waals surface area contributed by atoms with Crippen molar-refractivity contribution in [3.8, 4) is 0 Å². The van der Waals surface area contributed by atoms with E-state index in [9.17, 15) is 4.79 Å². The summed E-state index contributed by atoms with van der Waals surface area (Å²) < 4.78 is 7.38. The number of hydrogen-bond donors (Lipinski definition) is 0. The summed E-state index contributed by atoms with van der Waals surface area (Å²) in [7, 11) is 1.70. The van der Waals surface area contributed by atoms with Crippen LogP contribution in [0.25, 0.3) is 0 Å². The van der Waals surface area contributed by atoms with E-state index >= 15 is 0 Å². The highest BCUT2D eigenvalue weighted by Gasteiger charge is 2.34. The number of Topliss-reactive ketones (excluding diaryl/α,β-unsaturated/α-hetero) is 1. The summed E-state index contributed by atoms with van der Waals surface area (Å²) in [6.07, 6.45) is 0.581. The highest BCUT2D eigenvalue weighted by molar-refractivity contribution is 9.10. The fourth-order valence-corrected chi connectivity index (χ4v) is 2.28. The number of ketones is 1. The van der Waals surface area contributed by atoms with E-state index < -0.39 is 0 Å². The normalized spacial score (nSPS) is 25.8. The molecule has 2 rings (SSSR count). The Hall–Kier alpha value is -0.750. The predicted octanol–water partition coefficient (Wildman–Crippen LogP) is 1.19. The number of halogens is 1. The van der Waals surface area contributed by atoms with Crippen LogP contribution in [0.5, 0.6) is 0 Å². The average molecular weight is 274 g/mol. The van der Waals surface area contributed by atoms with Crippen molar-refractivity contribution >= 4 is 21.7 Å². The molecule has 1 aromatic rings. The lowest BCUT2D eigenvalue weighted by Crippen LogP contribution is -2.27. The molecule has 1 aliphatic rings. The molecule has 0 aromatic carbocycles. The minimum atomic E-state index is -0.349. The van der Waals surface area contributed by atoms with Gasteiger partial charge in [-0.3, -0.25) is 4.79 Å². The lowest BCUT2D eigenvalue weighted by molar-refractivity contribution is 0.0569. The van der Waals surface area contributed by atoms with Gasteiger partial charge in [0.05, 0.1) is 0 Å². The second-order valence-corrected chi connectivity index (χ2v) is 4.53. The van der Waals surface area contributed by atoms with E-state index in [2.05, 4.69) is 26.2 Å². The predicted molar refractivity (Wildman–Crippen MR) is 56.6 cm³/mol. The minimum absolute atomic E-state index is 0.0422. The standard InChI is InChI=1S/C9H12BrN3O2/c1-5-3-4-15-8(5)7(14)6-9(10)11-12-13(6)2/h5,8H,3-4H2,1-2H3. The van der Waals surface area contributed by atoms with Crippen LogP contribution in [0.1, 0.15) is 23.8 Å². The van der Waals surface area contributed by atoms with Crippen molar-refractivity contribution < 1.29 is 9.53 Å². The largest absolute Gasteiger partial charge is 0.370 e. The van der Waals surface area contributed by atoms with Gasteiger partial charge in [0.25, 0.3) is 0 Å². The summed E-state index contributed by atoms with van der Waals surface area (Å²) in [6.45, 7) is 2.67. The number of nitrogens with zero attached hydrogens (tertiary/aromatic N) is 3. The average Bonchev–Trinajstić information content (AvgIpc) is 2.73. The van der Waals surface area contributed by atoms with E-state index in [4.69, 9.17) is 4.74 Å². The highest BCUT2D eigenvalue weighted by atomic mass is 79.9. The molecule has 2 heterocycles. The number of ether oxygens (including phenoxy) is 1. The van der Waals surface area contributed by atoms with Gasteiger partial charge in [-0.1, -0.05) is 12.1 Å². The van der Waals surface area contributed by atoms with Gasteiger partial charge >= 0.3 is 0 Å². The second-order valence-electron chi connectivity index (χ2n) is 3.77. The first kappa shape index (κ1) is 10.8. The first-order valence-corrected chi connectivity index (χ1v) is 5.61. The van der Waals surface area contributed by atoms with E-state index in [1.54, 1.807) is 7.05 Å². The van der Waals surface area contributed by atoms with Crippen LogP contribution >= 0.6 is 15.9 Å². The van der Waals surface area contributed by atoms with Crippen LogP contribution in [0, 0.1) is 5.92 Å². The van der Waals surface area contributed by atoms with Crippen LogP contribution in [0.4, 0.5) is 0 Å². The van der Waals surface area contributed by atoms with Crippen LogP contribution in [0.2, 0.25) is 0 Å². The van der Waals surface area contributed by atoms with Gasteiger partial charge in [0.2, 0.25) is 5.78 Å². The Bertz CT molecular complexity index is 371. The molecule has 0 amide bonds. The lowest BCUT2D eigenvalue weighted by atomic mass is 9.99. The summed E-state index contributed by atoms with van der Waals surface area (Å²) in [6, 6.07) is 0. The summed E-state index contributed by atoms with van der Waals surface area (Å²) >= 11 is 3.21. The molecular weight excluding hydrogens is 262 g/mol. The molecule has 2 atom stereocenters. The number of rotatable bonds is 2. The maximum atomic E-state index is 12.1. The Morgan fingerprint density at radius 3 is 2.87 bits per heavy atom. The fraction of sp³-hybridized carbons (Fsp3) is 0.667. The van der Waals surface area contributed by atoms with Gasteiger partial charge in [0.1, 0.15) is 11.8 Å². The van der Waals surface area contributed by atoms with Gasteiger partial charge in [-0.2, -0.15) is 0 Å². The van der Waals surface area contributed by atoms with Crippen LogP contribution in [0.15, 0.2) is 4.60 Å². The zero-order valence-corrected chi connectivity index (χ0v) is 10.2. The van der Waals surface area contributed by atoms with Gasteiger partial charge in [-0.15, -0.1) is 5.10 Å². The number of hydrogen-bond acceptors (Lipinski definition) is 4. The Labute approximate surface area is 95.9 Å². The van der Waals surface area contributed by atoms with Crippen LogP contribution in [0.3, 0.4) is 0 Å². The molecule has 5 nitrogen and oxygen atoms in total. The van der Waals surface area contributed by atoms with Crippen molar-refractivity contribution in [2.24, 2.45) is 13.0 Å². The van der Waals surface area contributed by atoms with E-state index in [1.165, 1.54) is 4.68 Å². The van der Waals surface area contributed by atoms with Crippen molar-refractivity contribution in [1.82, 2.24) is 15.0 Å². The van der Waals surface area contributed by atoms with Crippen LogP contribution in [-0.2, 0) is 11.8 Å². The van der Waals surface area contributed by atoms with Crippen molar-refractivity contribution in [2.75, 3.05) is 6.61 Å². The van der Waals surface area contributed by atoms with E-state index in [1.807, 2.05) is 6.92 Å². The first-order chi connectivity index (χ1) is 7.11. The zero-order valence-electron chi connectivity index (χ0n) is 8.61. The molecule has 15 heavy (non-hydrogen) atoms. The van der Waals surface area contributed by atoms with E-state index in [-0.39, 0.29) is 17.8 Å². The van der Waals surface area contributed by atoms with Crippen LogP contribution < -0.4 is 0 Å². The smallest absolute Gasteiger partial charge is 0.212 e. The molecule has 0 N–H and O–H groups in total. The summed E-state index contributed by atoms with van der Waals surface area (Å²) in [5.41, 5.74) is 0.480. The first-order valence-electron chi connectivity index (χ1n) is 4.82. The highest BCUT2D eigenvalue weighted by Crippen LogP contribution is 2.25. The number of carbonyl (C=O) groups is 1. The monoisotopic (exact) mass is 273 g/mol. The van der Waals surface area contributed by atoms with Gasteiger partial charge in [-0.25, -0.2) is 4.68 Å². The fourth-order valence-electron chi connectivity index (χ4n) is 1.76. The van der Waals surface area contributed by atoms with Gasteiger partial charge in [0, 0.05) is 13.7 Å². The Morgan fingerprint density at radius 2 is 2.40 bits per heavy atom. The molecule has 82 valence electrons. The third-order valence-corrected chi connectivity index (χ3v) is 3.20. The molecular formula is C9H12BrN3O2. The summed E-state index contributed by atoms with van der Waals surface area (Å²) in [5, 5.41) is 7.56. The molecule has 1 aromatic heterocycles. The lowest BCUT2D eigenvalue weighted by Gasteiger charge is -2.12. The summed E-state index contributed by atoms with van der Waals surface area (Å²) in [5.74, 6) is 0.221. The van der Waals surface area contributed by atoms with Crippen LogP contribution in [-0.4, -0.2) is 33.5 Å². The summed E-state index contributed by atoms with van der Waals surface area (Å²) in [4.78, 5) is 12.1. The van der Waals surface area contributed by atoms with Crippen molar-refractivity contribution in [1.29, 1.82) is 0 Å². The third-order valence-electron chi connectivity index (χ3n) is 2.66. The minimum Gasteiger partial charge on any atom is -0.370 e. The topological polar surface area (TPSA) is 57.0 Å². The molecule has 1 saturated heterocycles. The molecule has 0 bridgehead atoms. The molecule has 1 fully saturated rings. The number of aromatic nitrogens is 3. The second kappa shape index (κ2) is 4.02. The van der Waals surface area contributed by atoms with E-state index in [0.29, 0.717) is 16.9 Å². The van der Waals surface area contributed by atoms with Crippen molar-refractivity contribution in [3.05, 3.63) is 10.3 Å². The van der Waals surface area contributed by atoms with Gasteiger partial charge in [-0.05, 0) is 28.3 Å². The third kappa shape index (κ3) is 1.83. The number of carbonyl (C=O) groups excluding carboxylic acids is 1. The molecule has 0 saturated carbocycles. The van der Waals surface area contributed by atoms with Gasteiger partial charge < -0.3 is 4.74 Å². The maximum absolute atomic E-state index is 12.1. The molecule has 2 unspecified atom stereocenters. The van der Waals surface area contributed by atoms with Gasteiger partial charge in [0.15, 0.2) is 4.60 Å². The maximum Gasteiger partial charge on any atom is 0.212 e. The zero-order chi connectivity index (χ0) is 11.0. The van der Waals surface area contributed by atoms with Crippen molar-refractivity contribution in [3.63, 3.8) is 0 Å². The molecule has 0 radical (unpaired) electrons. The Kier molecular flexibility index (Phi) is 2.88.